The van der Waals surface area contributed by atoms with Crippen LogP contribution < -0.4 is 4.90 Å². The Bertz CT molecular complexity index is 2510. The van der Waals surface area contributed by atoms with Crippen molar-refractivity contribution >= 4 is 60.5 Å². The smallest absolute Gasteiger partial charge is 0.145 e. The Balaban J connectivity index is 0.00000153. The summed E-state index contributed by atoms with van der Waals surface area (Å²) in [6, 6.07) is 47.0. The van der Waals surface area contributed by atoms with E-state index in [1.54, 1.807) is 0 Å². The van der Waals surface area contributed by atoms with Gasteiger partial charge in [0.1, 0.15) is 17.0 Å². The molecule has 0 bridgehead atoms. The highest BCUT2D eigenvalue weighted by molar-refractivity contribution is 6.23. The first-order chi connectivity index (χ1) is 22.7. The molecule has 3 aromatic heterocycles. The van der Waals surface area contributed by atoms with Gasteiger partial charge in [-0.1, -0.05) is 80.6 Å². The van der Waals surface area contributed by atoms with Crippen molar-refractivity contribution in [2.75, 3.05) is 19.0 Å². The van der Waals surface area contributed by atoms with Gasteiger partial charge in [-0.2, -0.15) is 0 Å². The average molecular weight is 599 g/mol. The van der Waals surface area contributed by atoms with Crippen molar-refractivity contribution in [3.05, 3.63) is 133 Å². The number of imidazole rings is 1. The second kappa shape index (κ2) is 11.0. The molecule has 0 aliphatic rings. The summed E-state index contributed by atoms with van der Waals surface area (Å²) in [5, 5.41) is 4.61. The molecule has 0 spiro atoms. The van der Waals surface area contributed by atoms with E-state index in [0.29, 0.717) is 0 Å². The number of hydrogen-bond donors (Lipinski definition) is 0. The zero-order chi connectivity index (χ0) is 31.4. The predicted molar refractivity (Wildman–Crippen MR) is 194 cm³/mol. The van der Waals surface area contributed by atoms with E-state index >= 15 is 0 Å². The summed E-state index contributed by atoms with van der Waals surface area (Å²) in [4.78, 5) is 7.22. The fourth-order valence-electron chi connectivity index (χ4n) is 6.65. The number of benzene rings is 6. The molecule has 0 saturated heterocycles. The third kappa shape index (κ3) is 4.20. The Morgan fingerprint density at radius 1 is 0.565 bits per heavy atom. The number of anilines is 1. The Kier molecular flexibility index (Phi) is 6.61. The molecular formula is C41H34N4O. The maximum atomic E-state index is 6.49. The van der Waals surface area contributed by atoms with Gasteiger partial charge in [-0.15, -0.1) is 0 Å². The molecule has 9 aromatic rings. The number of furan rings is 1. The van der Waals surface area contributed by atoms with Crippen LogP contribution in [-0.4, -0.2) is 28.2 Å². The van der Waals surface area contributed by atoms with Crippen molar-refractivity contribution in [1.29, 1.82) is 0 Å². The van der Waals surface area contributed by atoms with E-state index in [2.05, 4.69) is 143 Å². The first-order valence-electron chi connectivity index (χ1n) is 15.9. The fourth-order valence-corrected chi connectivity index (χ4v) is 6.65. The van der Waals surface area contributed by atoms with Gasteiger partial charge in [0.2, 0.25) is 0 Å². The lowest BCUT2D eigenvalue weighted by molar-refractivity contribution is 0.673. The van der Waals surface area contributed by atoms with Gasteiger partial charge in [-0.05, 0) is 66.7 Å². The maximum absolute atomic E-state index is 6.49. The minimum Gasteiger partial charge on any atom is -0.455 e. The lowest BCUT2D eigenvalue weighted by Gasteiger charge is -2.15. The Hall–Kier alpha value is -5.81. The normalized spacial score (nSPS) is 11.5. The number of rotatable bonds is 4. The minimum atomic E-state index is 0.912. The molecule has 6 aromatic carbocycles. The molecule has 0 fully saturated rings. The molecule has 0 atom stereocenters. The molecule has 0 aliphatic carbocycles. The van der Waals surface area contributed by atoms with Crippen LogP contribution in [0.25, 0.3) is 77.5 Å². The quantitative estimate of drug-likeness (QED) is 0.202. The van der Waals surface area contributed by atoms with Crippen LogP contribution in [0.15, 0.2) is 138 Å². The zero-order valence-corrected chi connectivity index (χ0v) is 26.4. The lowest BCUT2D eigenvalue weighted by Crippen LogP contribution is -2.08. The number of aromatic nitrogens is 3. The van der Waals surface area contributed by atoms with E-state index in [-0.39, 0.29) is 0 Å². The van der Waals surface area contributed by atoms with Crippen LogP contribution in [0, 0.1) is 0 Å². The van der Waals surface area contributed by atoms with Gasteiger partial charge < -0.3 is 13.9 Å². The molecule has 224 valence electrons. The average Bonchev–Trinajstić information content (AvgIpc) is 3.79. The standard InChI is InChI=1S/C39H28N4O.C2H6/c1-41(2)28-20-22-32-35(24-28)43(39(40-32)25-10-4-3-5-11-25)27-18-16-26(17-19-27)42-33-14-8-6-13-31(33)37-34(42)23-21-30-29-12-7-9-15-36(29)44-38(30)37;1-2/h3-24H,1-2H3;1-2H3. The van der Waals surface area contributed by atoms with Crippen LogP contribution >= 0.6 is 0 Å². The molecule has 0 saturated carbocycles. The second-order valence-electron chi connectivity index (χ2n) is 11.5. The van der Waals surface area contributed by atoms with Crippen molar-refractivity contribution in [3.63, 3.8) is 0 Å². The summed E-state index contributed by atoms with van der Waals surface area (Å²) in [5.41, 5.74) is 10.5. The first-order valence-corrected chi connectivity index (χ1v) is 15.9. The van der Waals surface area contributed by atoms with Crippen LogP contribution in [0.2, 0.25) is 0 Å². The summed E-state index contributed by atoms with van der Waals surface area (Å²) >= 11 is 0. The molecule has 0 unspecified atom stereocenters. The molecule has 0 amide bonds. The van der Waals surface area contributed by atoms with Crippen molar-refractivity contribution in [2.45, 2.75) is 13.8 Å². The monoisotopic (exact) mass is 598 g/mol. The second-order valence-corrected chi connectivity index (χ2v) is 11.5. The van der Waals surface area contributed by atoms with E-state index in [1.165, 1.54) is 5.39 Å². The highest BCUT2D eigenvalue weighted by Gasteiger charge is 2.19. The summed E-state index contributed by atoms with van der Waals surface area (Å²) in [5.74, 6) is 0.924. The van der Waals surface area contributed by atoms with E-state index in [0.717, 1.165) is 77.8 Å². The Morgan fingerprint density at radius 3 is 2.00 bits per heavy atom. The van der Waals surface area contributed by atoms with Crippen molar-refractivity contribution in [3.8, 4) is 22.8 Å². The third-order valence-corrected chi connectivity index (χ3v) is 8.73. The fraction of sp³-hybridized carbons (Fsp3) is 0.0976. The number of hydrogen-bond acceptors (Lipinski definition) is 3. The summed E-state index contributed by atoms with van der Waals surface area (Å²) in [6.07, 6.45) is 0. The van der Waals surface area contributed by atoms with Gasteiger partial charge in [-0.3, -0.25) is 4.57 Å². The molecule has 0 N–H and O–H groups in total. The molecule has 3 heterocycles. The SMILES string of the molecule is CC.CN(C)c1ccc2nc(-c3ccccc3)n(-c3ccc(-n4c5ccccc5c5c6oc7ccccc7c6ccc54)cc3)c2c1. The van der Waals surface area contributed by atoms with E-state index < -0.39 is 0 Å². The Labute approximate surface area is 267 Å². The van der Waals surface area contributed by atoms with E-state index in [9.17, 15) is 0 Å². The topological polar surface area (TPSA) is 39.1 Å². The van der Waals surface area contributed by atoms with Crippen molar-refractivity contribution < 1.29 is 4.42 Å². The van der Waals surface area contributed by atoms with Gasteiger partial charge >= 0.3 is 0 Å². The third-order valence-electron chi connectivity index (χ3n) is 8.73. The highest BCUT2D eigenvalue weighted by atomic mass is 16.3. The van der Waals surface area contributed by atoms with Crippen molar-refractivity contribution in [2.24, 2.45) is 0 Å². The first kappa shape index (κ1) is 27.7. The molecule has 5 nitrogen and oxygen atoms in total. The van der Waals surface area contributed by atoms with Gasteiger partial charge in [0.15, 0.2) is 0 Å². The molecule has 46 heavy (non-hydrogen) atoms. The van der Waals surface area contributed by atoms with Crippen LogP contribution in [0.1, 0.15) is 13.8 Å². The van der Waals surface area contributed by atoms with E-state index in [4.69, 9.17) is 9.40 Å². The highest BCUT2D eigenvalue weighted by Crippen LogP contribution is 2.40. The van der Waals surface area contributed by atoms with Gasteiger partial charge in [0.25, 0.3) is 0 Å². The largest absolute Gasteiger partial charge is 0.455 e. The van der Waals surface area contributed by atoms with Crippen LogP contribution in [0.4, 0.5) is 5.69 Å². The lowest BCUT2D eigenvalue weighted by atomic mass is 10.1. The molecule has 0 aliphatic heterocycles. The number of nitrogens with zero attached hydrogens (tertiary/aromatic N) is 4. The molecule has 0 radical (unpaired) electrons. The van der Waals surface area contributed by atoms with E-state index in [1.807, 2.05) is 32.0 Å². The van der Waals surface area contributed by atoms with Gasteiger partial charge in [-0.25, -0.2) is 4.98 Å². The minimum absolute atomic E-state index is 0.912. The number of para-hydroxylation sites is 2. The van der Waals surface area contributed by atoms with Crippen LogP contribution in [0.3, 0.4) is 0 Å². The molecule has 5 heteroatoms. The zero-order valence-electron chi connectivity index (χ0n) is 26.4. The maximum Gasteiger partial charge on any atom is 0.145 e. The Morgan fingerprint density at radius 2 is 1.24 bits per heavy atom. The molecule has 9 rings (SSSR count). The number of fused-ring (bicyclic) bond motifs is 8. The summed E-state index contributed by atoms with van der Waals surface area (Å²) < 4.78 is 11.1. The van der Waals surface area contributed by atoms with Crippen LogP contribution in [-0.2, 0) is 0 Å². The van der Waals surface area contributed by atoms with Gasteiger partial charge in [0, 0.05) is 52.9 Å². The van der Waals surface area contributed by atoms with Crippen LogP contribution in [0.5, 0.6) is 0 Å². The summed E-state index contributed by atoms with van der Waals surface area (Å²) in [7, 11) is 4.14. The van der Waals surface area contributed by atoms with Gasteiger partial charge in [0.05, 0.1) is 27.5 Å². The van der Waals surface area contributed by atoms with Crippen molar-refractivity contribution in [1.82, 2.24) is 14.1 Å². The molecular weight excluding hydrogens is 564 g/mol. The predicted octanol–water partition coefficient (Wildman–Crippen LogP) is 10.8. The summed E-state index contributed by atoms with van der Waals surface area (Å²) in [6.45, 7) is 4.00.